The lowest BCUT2D eigenvalue weighted by atomic mass is 10.0. The number of ether oxygens (including phenoxy) is 1. The number of nitrogens with zero attached hydrogens (tertiary/aromatic N) is 1. The van der Waals surface area contributed by atoms with Crippen molar-refractivity contribution in [3.63, 3.8) is 0 Å². The van der Waals surface area contributed by atoms with Gasteiger partial charge in [-0.3, -0.25) is 9.59 Å². The molecule has 3 aromatic carbocycles. The Morgan fingerprint density at radius 2 is 1.57 bits per heavy atom. The number of carbonyl (C=O) groups is 2. The molecule has 1 N–H and O–H groups in total. The van der Waals surface area contributed by atoms with Crippen LogP contribution in [0.15, 0.2) is 78.9 Å². The smallest absolute Gasteiger partial charge is 0.221 e. The molecule has 1 amide bonds. The number of aryl methyl sites for hydroxylation is 1. The van der Waals surface area contributed by atoms with Gasteiger partial charge in [0, 0.05) is 30.6 Å². The molecule has 0 aliphatic heterocycles. The predicted octanol–water partition coefficient (Wildman–Crippen LogP) is 5.07. The Labute approximate surface area is 174 Å². The molecule has 150 valence electrons. The van der Waals surface area contributed by atoms with Crippen molar-refractivity contribution in [3.05, 3.63) is 84.4 Å². The van der Waals surface area contributed by atoms with E-state index in [1.54, 1.807) is 24.3 Å². The number of carbonyl (C=O) groups excluding carboxylic acids is 2. The summed E-state index contributed by atoms with van der Waals surface area (Å²) in [6, 6.07) is 24.8. The van der Waals surface area contributed by atoms with Gasteiger partial charge in [0.15, 0.2) is 6.61 Å². The maximum atomic E-state index is 13.3. The number of aromatic nitrogens is 1. The molecule has 0 saturated carbocycles. The van der Waals surface area contributed by atoms with Gasteiger partial charge in [0.25, 0.3) is 0 Å². The molecule has 5 nitrogen and oxygen atoms in total. The molecule has 0 atom stereocenters. The van der Waals surface area contributed by atoms with Crippen molar-refractivity contribution >= 4 is 28.3 Å². The molecule has 0 spiro atoms. The molecule has 0 saturated heterocycles. The van der Waals surface area contributed by atoms with Crippen molar-refractivity contribution in [2.45, 2.75) is 6.92 Å². The fourth-order valence-corrected chi connectivity index (χ4v) is 3.67. The quantitative estimate of drug-likeness (QED) is 0.462. The van der Waals surface area contributed by atoms with Crippen molar-refractivity contribution in [1.82, 2.24) is 4.57 Å². The zero-order valence-electron chi connectivity index (χ0n) is 16.9. The molecule has 30 heavy (non-hydrogen) atoms. The number of hydrogen-bond acceptors (Lipinski definition) is 3. The standard InChI is InChI=1S/C25H22N2O3/c1-17(28)26-19-12-14-20(15-13-19)30-16-23(29)24-21-10-6-7-11-22(21)27(2)25(24)18-8-4-3-5-9-18/h3-15H,16H2,1-2H3,(H,26,28). The number of hydrogen-bond donors (Lipinski definition) is 1. The largest absolute Gasteiger partial charge is 0.485 e. The monoisotopic (exact) mass is 398 g/mol. The summed E-state index contributed by atoms with van der Waals surface area (Å²) in [6.45, 7) is 1.38. The van der Waals surface area contributed by atoms with E-state index in [9.17, 15) is 9.59 Å². The summed E-state index contributed by atoms with van der Waals surface area (Å²) in [5, 5.41) is 3.62. The van der Waals surface area contributed by atoms with E-state index in [2.05, 4.69) is 9.88 Å². The highest BCUT2D eigenvalue weighted by Crippen LogP contribution is 2.33. The highest BCUT2D eigenvalue weighted by Gasteiger charge is 2.22. The average molecular weight is 398 g/mol. The Kier molecular flexibility index (Phi) is 5.35. The van der Waals surface area contributed by atoms with Crippen LogP contribution in [0.4, 0.5) is 5.69 Å². The highest BCUT2D eigenvalue weighted by atomic mass is 16.5. The number of Topliss-reactive ketones (excluding diaryl/α,β-unsaturated/α-hetero) is 1. The summed E-state index contributed by atoms with van der Waals surface area (Å²) in [7, 11) is 1.98. The molecule has 0 unspecified atom stereocenters. The summed E-state index contributed by atoms with van der Waals surface area (Å²) in [5.74, 6) is 0.346. The first-order valence-electron chi connectivity index (χ1n) is 9.71. The summed E-state index contributed by atoms with van der Waals surface area (Å²) in [4.78, 5) is 24.4. The van der Waals surface area contributed by atoms with Crippen LogP contribution >= 0.6 is 0 Å². The Hall–Kier alpha value is -3.86. The topological polar surface area (TPSA) is 60.3 Å². The average Bonchev–Trinajstić information content (AvgIpc) is 3.06. The highest BCUT2D eigenvalue weighted by molar-refractivity contribution is 6.14. The molecule has 4 aromatic rings. The van der Waals surface area contributed by atoms with Crippen molar-refractivity contribution in [3.8, 4) is 17.0 Å². The maximum absolute atomic E-state index is 13.3. The normalized spacial score (nSPS) is 10.7. The second kappa shape index (κ2) is 8.25. The van der Waals surface area contributed by atoms with E-state index in [4.69, 9.17) is 4.74 Å². The third kappa shape index (κ3) is 3.82. The third-order valence-electron chi connectivity index (χ3n) is 4.98. The van der Waals surface area contributed by atoms with E-state index in [0.29, 0.717) is 17.0 Å². The fourth-order valence-electron chi connectivity index (χ4n) is 3.67. The lowest BCUT2D eigenvalue weighted by molar-refractivity contribution is -0.114. The predicted molar refractivity (Wildman–Crippen MR) is 119 cm³/mol. The van der Waals surface area contributed by atoms with E-state index < -0.39 is 0 Å². The summed E-state index contributed by atoms with van der Waals surface area (Å²) in [6.07, 6.45) is 0. The number of benzene rings is 3. The van der Waals surface area contributed by atoms with E-state index in [1.807, 2.05) is 61.6 Å². The first kappa shape index (κ1) is 19.5. The summed E-state index contributed by atoms with van der Waals surface area (Å²) in [5.41, 5.74) is 4.21. The van der Waals surface area contributed by atoms with Gasteiger partial charge < -0.3 is 14.6 Å². The van der Waals surface area contributed by atoms with Crippen LogP contribution in [0.25, 0.3) is 22.2 Å². The Morgan fingerprint density at radius 1 is 0.900 bits per heavy atom. The third-order valence-corrected chi connectivity index (χ3v) is 4.98. The minimum Gasteiger partial charge on any atom is -0.485 e. The Morgan fingerprint density at radius 3 is 2.27 bits per heavy atom. The number of nitrogens with one attached hydrogen (secondary N) is 1. The summed E-state index contributed by atoms with van der Waals surface area (Å²) < 4.78 is 7.82. The van der Waals surface area contributed by atoms with Crippen LogP contribution in [0, 0.1) is 0 Å². The van der Waals surface area contributed by atoms with Crippen molar-refractivity contribution in [1.29, 1.82) is 0 Å². The van der Waals surface area contributed by atoms with Crippen LogP contribution in [0.5, 0.6) is 5.75 Å². The first-order chi connectivity index (χ1) is 14.5. The molecule has 4 rings (SSSR count). The van der Waals surface area contributed by atoms with Crippen LogP contribution in [-0.4, -0.2) is 22.9 Å². The van der Waals surface area contributed by atoms with E-state index in [1.165, 1.54) is 6.92 Å². The van der Waals surface area contributed by atoms with Gasteiger partial charge in [-0.05, 0) is 35.9 Å². The minimum atomic E-state index is -0.136. The second-order valence-corrected chi connectivity index (χ2v) is 7.08. The lowest BCUT2D eigenvalue weighted by Gasteiger charge is -2.10. The van der Waals surface area contributed by atoms with Gasteiger partial charge in [-0.15, -0.1) is 0 Å². The number of rotatable bonds is 6. The van der Waals surface area contributed by atoms with Gasteiger partial charge in [-0.2, -0.15) is 0 Å². The van der Waals surface area contributed by atoms with Crippen LogP contribution in [0.2, 0.25) is 0 Å². The minimum absolute atomic E-state index is 0.0761. The van der Waals surface area contributed by atoms with Crippen molar-refractivity contribution in [2.24, 2.45) is 7.05 Å². The number of para-hydroxylation sites is 1. The zero-order chi connectivity index (χ0) is 21.1. The second-order valence-electron chi connectivity index (χ2n) is 7.08. The SMILES string of the molecule is CC(=O)Nc1ccc(OCC(=O)c2c(-c3ccccc3)n(C)c3ccccc23)cc1. The number of ketones is 1. The lowest BCUT2D eigenvalue weighted by Crippen LogP contribution is -2.13. The van der Waals surface area contributed by atoms with Gasteiger partial charge in [0.1, 0.15) is 5.75 Å². The van der Waals surface area contributed by atoms with E-state index >= 15 is 0 Å². The molecule has 0 aliphatic rings. The van der Waals surface area contributed by atoms with Crippen LogP contribution in [-0.2, 0) is 11.8 Å². The zero-order valence-corrected chi connectivity index (χ0v) is 16.9. The van der Waals surface area contributed by atoms with Gasteiger partial charge in [0.05, 0.1) is 11.3 Å². The molecule has 0 radical (unpaired) electrons. The Bertz CT molecular complexity index is 1210. The van der Waals surface area contributed by atoms with Crippen LogP contribution < -0.4 is 10.1 Å². The van der Waals surface area contributed by atoms with E-state index in [0.717, 1.165) is 22.2 Å². The van der Waals surface area contributed by atoms with Gasteiger partial charge in [-0.1, -0.05) is 48.5 Å². The van der Waals surface area contributed by atoms with Gasteiger partial charge in [0.2, 0.25) is 11.7 Å². The molecule has 0 aliphatic carbocycles. The van der Waals surface area contributed by atoms with Crippen molar-refractivity contribution in [2.75, 3.05) is 11.9 Å². The molecule has 1 heterocycles. The fraction of sp³-hybridized carbons (Fsp3) is 0.120. The molecular weight excluding hydrogens is 376 g/mol. The molecule has 0 bridgehead atoms. The molecule has 0 fully saturated rings. The van der Waals surface area contributed by atoms with Crippen LogP contribution in [0.1, 0.15) is 17.3 Å². The van der Waals surface area contributed by atoms with Crippen molar-refractivity contribution < 1.29 is 14.3 Å². The first-order valence-corrected chi connectivity index (χ1v) is 9.71. The summed E-state index contributed by atoms with van der Waals surface area (Å²) >= 11 is 0. The Balaban J connectivity index is 1.64. The number of fused-ring (bicyclic) bond motifs is 1. The van der Waals surface area contributed by atoms with Crippen LogP contribution in [0.3, 0.4) is 0 Å². The number of anilines is 1. The van der Waals surface area contributed by atoms with Gasteiger partial charge in [-0.25, -0.2) is 0 Å². The molecule has 1 aromatic heterocycles. The number of amides is 1. The molecule has 5 heteroatoms. The van der Waals surface area contributed by atoms with Gasteiger partial charge >= 0.3 is 0 Å². The molecular formula is C25H22N2O3. The maximum Gasteiger partial charge on any atom is 0.221 e. The van der Waals surface area contributed by atoms with E-state index in [-0.39, 0.29) is 18.3 Å².